The molecule has 0 saturated carbocycles. The van der Waals surface area contributed by atoms with Crippen molar-refractivity contribution >= 4 is 68.1 Å². The van der Waals surface area contributed by atoms with Gasteiger partial charge in [-0.15, -0.1) is 0 Å². The van der Waals surface area contributed by atoms with Crippen LogP contribution in [0.15, 0.2) is 47.3 Å². The predicted molar refractivity (Wildman–Crippen MR) is 173 cm³/mol. The Labute approximate surface area is 277 Å². The van der Waals surface area contributed by atoms with E-state index in [4.69, 9.17) is 16.3 Å². The van der Waals surface area contributed by atoms with Gasteiger partial charge in [-0.2, -0.15) is 0 Å². The van der Waals surface area contributed by atoms with Crippen molar-refractivity contribution in [3.05, 3.63) is 73.9 Å². The SMILES string of the molecule is CNc1cncc(C(=O)N2CCCC2(Nc2c(C(=O)N3C[C@@H](C)O[C@@H](C)C3)cc(Br)cc2[N+](=O)[O-])C(=O)Nc2ccnc(Cl)n2)c1. The third-order valence-corrected chi connectivity index (χ3v) is 8.33. The van der Waals surface area contributed by atoms with Gasteiger partial charge >= 0.3 is 0 Å². The number of amides is 3. The number of anilines is 3. The zero-order valence-electron chi connectivity index (χ0n) is 25.1. The smallest absolute Gasteiger partial charge is 0.294 e. The van der Waals surface area contributed by atoms with E-state index in [1.165, 1.54) is 41.7 Å². The Morgan fingerprint density at radius 1 is 1.15 bits per heavy atom. The molecule has 3 N–H and O–H groups in total. The molecule has 3 aromatic rings. The second kappa shape index (κ2) is 13.5. The van der Waals surface area contributed by atoms with Crippen molar-refractivity contribution in [1.29, 1.82) is 0 Å². The van der Waals surface area contributed by atoms with Crippen molar-refractivity contribution in [3.63, 3.8) is 0 Å². The molecule has 0 spiro atoms. The monoisotopic (exact) mass is 715 g/mol. The minimum absolute atomic E-state index is 0.0367. The first kappa shape index (κ1) is 33.0. The highest BCUT2D eigenvalue weighted by Crippen LogP contribution is 2.40. The van der Waals surface area contributed by atoms with Gasteiger partial charge in [0.15, 0.2) is 5.66 Å². The number of halogens is 2. The summed E-state index contributed by atoms with van der Waals surface area (Å²) in [6.45, 7) is 4.28. The highest BCUT2D eigenvalue weighted by Gasteiger charge is 2.52. The van der Waals surface area contributed by atoms with Gasteiger partial charge in [0.05, 0.1) is 33.9 Å². The molecule has 3 amide bonds. The summed E-state index contributed by atoms with van der Waals surface area (Å²) in [4.78, 5) is 69.2. The van der Waals surface area contributed by atoms with Gasteiger partial charge in [-0.05, 0) is 50.1 Å². The Morgan fingerprint density at radius 3 is 2.57 bits per heavy atom. The first-order chi connectivity index (χ1) is 21.9. The maximum absolute atomic E-state index is 14.3. The van der Waals surface area contributed by atoms with Crippen LogP contribution in [0.5, 0.6) is 0 Å². The number of likely N-dealkylation sites (tertiary alicyclic amines) is 1. The number of nitrogens with zero attached hydrogens (tertiary/aromatic N) is 6. The quantitative estimate of drug-likeness (QED) is 0.173. The van der Waals surface area contributed by atoms with E-state index in [1.807, 2.05) is 13.8 Å². The number of nitrogens with one attached hydrogen (secondary N) is 3. The molecule has 1 unspecified atom stereocenters. The fourth-order valence-electron chi connectivity index (χ4n) is 5.75. The van der Waals surface area contributed by atoms with Crippen LogP contribution in [0.25, 0.3) is 0 Å². The second-order valence-electron chi connectivity index (χ2n) is 11.0. The Balaban J connectivity index is 1.65. The Bertz CT molecular complexity index is 1690. The van der Waals surface area contributed by atoms with Crippen LogP contribution in [0.2, 0.25) is 5.28 Å². The van der Waals surface area contributed by atoms with Crippen LogP contribution in [0.1, 0.15) is 47.4 Å². The normalized spacial score (nSPS) is 21.1. The van der Waals surface area contributed by atoms with Crippen LogP contribution in [0.3, 0.4) is 0 Å². The van der Waals surface area contributed by atoms with Crippen LogP contribution in [-0.4, -0.2) is 91.9 Å². The summed E-state index contributed by atoms with van der Waals surface area (Å²) in [5, 5.41) is 21.0. The molecule has 1 aromatic carbocycles. The molecule has 5 rings (SSSR count). The molecule has 2 saturated heterocycles. The van der Waals surface area contributed by atoms with Gasteiger partial charge in [-0.25, -0.2) is 9.97 Å². The average molecular weight is 717 g/mol. The number of aromatic nitrogens is 3. The third-order valence-electron chi connectivity index (χ3n) is 7.69. The van der Waals surface area contributed by atoms with E-state index < -0.39 is 34.0 Å². The minimum Gasteiger partial charge on any atom is -0.387 e. The van der Waals surface area contributed by atoms with Gasteiger partial charge in [0, 0.05) is 62.2 Å². The van der Waals surface area contributed by atoms with Crippen molar-refractivity contribution in [1.82, 2.24) is 24.8 Å². The molecule has 2 aliphatic heterocycles. The van der Waals surface area contributed by atoms with E-state index in [0.717, 1.165) is 0 Å². The predicted octanol–water partition coefficient (Wildman–Crippen LogP) is 4.17. The maximum Gasteiger partial charge on any atom is 0.294 e. The van der Waals surface area contributed by atoms with Crippen LogP contribution in [-0.2, 0) is 9.53 Å². The molecular formula is C29H31BrClN9O6. The third kappa shape index (κ3) is 6.73. The lowest BCUT2D eigenvalue weighted by Crippen LogP contribution is -2.61. The van der Waals surface area contributed by atoms with Crippen LogP contribution in [0.4, 0.5) is 22.9 Å². The second-order valence-corrected chi connectivity index (χ2v) is 12.2. The van der Waals surface area contributed by atoms with E-state index in [1.54, 1.807) is 18.0 Å². The van der Waals surface area contributed by atoms with E-state index in [9.17, 15) is 24.5 Å². The fraction of sp³-hybridized carbons (Fsp3) is 0.379. The van der Waals surface area contributed by atoms with Crippen LogP contribution < -0.4 is 16.0 Å². The number of benzene rings is 1. The molecule has 0 bridgehead atoms. The van der Waals surface area contributed by atoms with Crippen molar-refractivity contribution in [2.75, 3.05) is 42.6 Å². The lowest BCUT2D eigenvalue weighted by molar-refractivity contribution is -0.384. The van der Waals surface area contributed by atoms with E-state index in [-0.39, 0.29) is 70.7 Å². The van der Waals surface area contributed by atoms with Gasteiger partial charge in [0.25, 0.3) is 23.4 Å². The first-order valence-corrected chi connectivity index (χ1v) is 15.5. The summed E-state index contributed by atoms with van der Waals surface area (Å²) in [6, 6.07) is 5.69. The molecular weight excluding hydrogens is 686 g/mol. The number of carbonyl (C=O) groups is 3. The van der Waals surface area contributed by atoms with E-state index in [2.05, 4.69) is 46.8 Å². The Morgan fingerprint density at radius 2 is 1.89 bits per heavy atom. The number of ether oxygens (including phenoxy) is 1. The molecule has 2 fully saturated rings. The summed E-state index contributed by atoms with van der Waals surface area (Å²) in [7, 11) is 1.68. The standard InChI is InChI=1S/C29H31BrClN9O6/c1-16-14-38(15-17(2)46-16)26(42)21-10-19(30)11-22(40(44)45)24(21)37-29(27(43)35-23-5-7-34-28(31)36-23)6-4-8-39(29)25(41)18-9-20(32-3)13-33-12-18/h5,7,9-13,16-17,32,37H,4,6,8,14-15H2,1-3H3,(H,34,35,36,43)/t16-,17+,29?. The molecule has 4 heterocycles. The highest BCUT2D eigenvalue weighted by atomic mass is 79.9. The number of nitro benzene ring substituents is 1. The van der Waals surface area contributed by atoms with Crippen molar-refractivity contribution in [2.24, 2.45) is 0 Å². The van der Waals surface area contributed by atoms with E-state index in [0.29, 0.717) is 12.1 Å². The topological polar surface area (TPSA) is 185 Å². The number of rotatable bonds is 8. The zero-order valence-corrected chi connectivity index (χ0v) is 27.5. The number of hydrogen-bond acceptors (Lipinski definition) is 11. The fourth-order valence-corrected chi connectivity index (χ4v) is 6.34. The lowest BCUT2D eigenvalue weighted by Gasteiger charge is -2.39. The van der Waals surface area contributed by atoms with Gasteiger partial charge in [0.2, 0.25) is 5.28 Å². The molecule has 0 radical (unpaired) electrons. The number of morpholine rings is 1. The van der Waals surface area contributed by atoms with Crippen LogP contribution >= 0.6 is 27.5 Å². The molecule has 2 aromatic heterocycles. The van der Waals surface area contributed by atoms with Gasteiger partial charge in [-0.3, -0.25) is 29.5 Å². The Hall–Kier alpha value is -4.41. The number of nitro groups is 1. The lowest BCUT2D eigenvalue weighted by atomic mass is 10.0. The summed E-state index contributed by atoms with van der Waals surface area (Å²) in [6.07, 6.45) is 4.09. The molecule has 46 heavy (non-hydrogen) atoms. The average Bonchev–Trinajstić information content (AvgIpc) is 3.45. The molecule has 15 nitrogen and oxygen atoms in total. The summed E-state index contributed by atoms with van der Waals surface area (Å²) >= 11 is 9.27. The minimum atomic E-state index is -1.91. The van der Waals surface area contributed by atoms with E-state index >= 15 is 0 Å². The maximum atomic E-state index is 14.3. The van der Waals surface area contributed by atoms with Gasteiger partial charge < -0.3 is 30.5 Å². The highest BCUT2D eigenvalue weighted by molar-refractivity contribution is 9.10. The molecule has 242 valence electrons. The summed E-state index contributed by atoms with van der Waals surface area (Å²) in [5.74, 6) is -1.78. The number of pyridine rings is 1. The molecule has 0 aliphatic carbocycles. The largest absolute Gasteiger partial charge is 0.387 e. The Kier molecular flexibility index (Phi) is 9.69. The molecule has 2 aliphatic rings. The zero-order chi connectivity index (χ0) is 33.2. The van der Waals surface area contributed by atoms with Crippen molar-refractivity contribution in [2.45, 2.75) is 44.6 Å². The summed E-state index contributed by atoms with van der Waals surface area (Å²) in [5.41, 5.74) is -1.92. The van der Waals surface area contributed by atoms with Crippen molar-refractivity contribution < 1.29 is 24.0 Å². The molecule has 17 heteroatoms. The van der Waals surface area contributed by atoms with Gasteiger partial charge in [-0.1, -0.05) is 15.9 Å². The van der Waals surface area contributed by atoms with Crippen molar-refractivity contribution in [3.8, 4) is 0 Å². The molecule has 3 atom stereocenters. The van der Waals surface area contributed by atoms with Gasteiger partial charge in [0.1, 0.15) is 11.5 Å². The van der Waals surface area contributed by atoms with Crippen LogP contribution in [0, 0.1) is 10.1 Å². The number of hydrogen-bond donors (Lipinski definition) is 3. The summed E-state index contributed by atoms with van der Waals surface area (Å²) < 4.78 is 6.07. The number of carbonyl (C=O) groups excluding carboxylic acids is 3. The first-order valence-electron chi connectivity index (χ1n) is 14.4.